The number of esters is 1. The smallest absolute Gasteiger partial charge is 0.348 e. The third-order valence-electron chi connectivity index (χ3n) is 4.93. The molecule has 2 aromatic heterocycles. The number of carbonyl (C=O) groups excluding carboxylic acids is 2. The Balaban J connectivity index is 1.49. The molecule has 5 nitrogen and oxygen atoms in total. The van der Waals surface area contributed by atoms with Gasteiger partial charge in [-0.3, -0.25) is 4.79 Å². The standard InChI is InChI=1S/C21H19NO4S/c1-12-8-16(13(2)22(12)3)17(23)11-26-21(24)19-9-14-10-25-18-7-5-4-6-15(18)20(14)27-19/h4-9H,10-11H2,1-3H3. The topological polar surface area (TPSA) is 57.5 Å². The fraction of sp³-hybridized carbons (Fsp3) is 0.238. The molecule has 1 aliphatic rings. The normalized spacial score (nSPS) is 12.1. The Morgan fingerprint density at radius 2 is 2.00 bits per heavy atom. The quantitative estimate of drug-likeness (QED) is 0.499. The largest absolute Gasteiger partial charge is 0.488 e. The first kappa shape index (κ1) is 17.5. The number of nitrogens with zero attached hydrogens (tertiary/aromatic N) is 1. The van der Waals surface area contributed by atoms with Crippen LogP contribution < -0.4 is 4.74 Å². The van der Waals surface area contributed by atoms with E-state index in [2.05, 4.69) is 0 Å². The first-order chi connectivity index (χ1) is 13.0. The van der Waals surface area contributed by atoms with Crippen LogP contribution in [0.25, 0.3) is 10.4 Å². The summed E-state index contributed by atoms with van der Waals surface area (Å²) in [5.41, 5.74) is 4.40. The van der Waals surface area contributed by atoms with Gasteiger partial charge in [0.1, 0.15) is 17.2 Å². The summed E-state index contributed by atoms with van der Waals surface area (Å²) < 4.78 is 13.0. The summed E-state index contributed by atoms with van der Waals surface area (Å²) in [5, 5.41) is 0. The second kappa shape index (κ2) is 6.70. The Kier molecular flexibility index (Phi) is 4.36. The van der Waals surface area contributed by atoms with Gasteiger partial charge in [-0.05, 0) is 38.1 Å². The number of ketones is 1. The molecule has 0 unspecified atom stereocenters. The zero-order valence-corrected chi connectivity index (χ0v) is 16.2. The average Bonchev–Trinajstić information content (AvgIpc) is 3.23. The van der Waals surface area contributed by atoms with E-state index in [4.69, 9.17) is 9.47 Å². The zero-order chi connectivity index (χ0) is 19.1. The van der Waals surface area contributed by atoms with E-state index < -0.39 is 5.97 Å². The van der Waals surface area contributed by atoms with Gasteiger partial charge in [0.05, 0.1) is 0 Å². The van der Waals surface area contributed by atoms with E-state index in [0.717, 1.165) is 33.1 Å². The van der Waals surface area contributed by atoms with Crippen LogP contribution in [0.1, 0.15) is 37.0 Å². The molecule has 1 aliphatic heterocycles. The van der Waals surface area contributed by atoms with Gasteiger partial charge in [-0.15, -0.1) is 11.3 Å². The number of para-hydroxylation sites is 1. The maximum absolute atomic E-state index is 12.5. The molecule has 138 valence electrons. The van der Waals surface area contributed by atoms with E-state index in [1.807, 2.05) is 55.8 Å². The van der Waals surface area contributed by atoms with Crippen molar-refractivity contribution >= 4 is 23.1 Å². The molecular formula is C21H19NO4S. The highest BCUT2D eigenvalue weighted by Gasteiger charge is 2.24. The molecule has 0 N–H and O–H groups in total. The first-order valence-corrected chi connectivity index (χ1v) is 9.45. The monoisotopic (exact) mass is 381 g/mol. The number of hydrogen-bond acceptors (Lipinski definition) is 5. The fourth-order valence-corrected chi connectivity index (χ4v) is 4.31. The molecule has 0 saturated carbocycles. The van der Waals surface area contributed by atoms with Crippen LogP contribution in [0.2, 0.25) is 0 Å². The van der Waals surface area contributed by atoms with Crippen molar-refractivity contribution in [2.45, 2.75) is 20.5 Å². The fourth-order valence-electron chi connectivity index (χ4n) is 3.22. The van der Waals surface area contributed by atoms with Crippen molar-refractivity contribution < 1.29 is 19.1 Å². The Bertz CT molecular complexity index is 1060. The van der Waals surface area contributed by atoms with Crippen molar-refractivity contribution in [1.82, 2.24) is 4.57 Å². The highest BCUT2D eigenvalue weighted by molar-refractivity contribution is 7.17. The van der Waals surface area contributed by atoms with Gasteiger partial charge in [-0.2, -0.15) is 0 Å². The lowest BCUT2D eigenvalue weighted by molar-refractivity contribution is 0.0479. The third kappa shape index (κ3) is 3.06. The van der Waals surface area contributed by atoms with Crippen molar-refractivity contribution in [1.29, 1.82) is 0 Å². The Morgan fingerprint density at radius 3 is 2.74 bits per heavy atom. The predicted molar refractivity (Wildman–Crippen MR) is 104 cm³/mol. The van der Waals surface area contributed by atoms with E-state index in [-0.39, 0.29) is 12.4 Å². The SMILES string of the molecule is Cc1cc(C(=O)COC(=O)c2cc3c(s2)-c2ccccc2OC3)c(C)n1C. The van der Waals surface area contributed by atoms with Crippen molar-refractivity contribution in [3.63, 3.8) is 0 Å². The summed E-state index contributed by atoms with van der Waals surface area (Å²) in [6, 6.07) is 11.4. The van der Waals surface area contributed by atoms with Gasteiger partial charge in [0.15, 0.2) is 6.61 Å². The number of benzene rings is 1. The number of aryl methyl sites for hydroxylation is 1. The number of fused-ring (bicyclic) bond motifs is 3. The third-order valence-corrected chi connectivity index (χ3v) is 6.13. The van der Waals surface area contributed by atoms with E-state index in [9.17, 15) is 9.59 Å². The summed E-state index contributed by atoms with van der Waals surface area (Å²) in [7, 11) is 1.91. The molecule has 1 aromatic carbocycles. The van der Waals surface area contributed by atoms with Crippen LogP contribution in [-0.4, -0.2) is 22.9 Å². The Labute approximate surface area is 161 Å². The van der Waals surface area contributed by atoms with Gasteiger partial charge in [0.25, 0.3) is 0 Å². The van der Waals surface area contributed by atoms with Gasteiger partial charge in [0, 0.05) is 40.0 Å². The second-order valence-electron chi connectivity index (χ2n) is 6.59. The van der Waals surface area contributed by atoms with E-state index >= 15 is 0 Å². The van der Waals surface area contributed by atoms with Crippen molar-refractivity contribution in [2.75, 3.05) is 6.61 Å². The molecule has 0 fully saturated rings. The Hall–Kier alpha value is -2.86. The molecule has 0 atom stereocenters. The minimum absolute atomic E-state index is 0.195. The molecule has 0 bridgehead atoms. The van der Waals surface area contributed by atoms with Crippen LogP contribution in [0.15, 0.2) is 36.4 Å². The molecule has 0 saturated heterocycles. The number of ether oxygens (including phenoxy) is 2. The predicted octanol–water partition coefficient (Wildman–Crippen LogP) is 4.30. The zero-order valence-electron chi connectivity index (χ0n) is 15.4. The van der Waals surface area contributed by atoms with Crippen LogP contribution in [0, 0.1) is 13.8 Å². The van der Waals surface area contributed by atoms with Crippen molar-refractivity contribution in [2.24, 2.45) is 7.05 Å². The summed E-state index contributed by atoms with van der Waals surface area (Å²) in [5.74, 6) is 0.141. The van der Waals surface area contributed by atoms with Crippen molar-refractivity contribution in [3.05, 3.63) is 63.8 Å². The molecule has 0 radical (unpaired) electrons. The molecule has 6 heteroatoms. The number of thiophene rings is 1. The number of aromatic nitrogens is 1. The molecule has 0 amide bonds. The van der Waals surface area contributed by atoms with Gasteiger partial charge < -0.3 is 14.0 Å². The lowest BCUT2D eigenvalue weighted by Crippen LogP contribution is -2.14. The van der Waals surface area contributed by atoms with E-state index in [1.165, 1.54) is 11.3 Å². The van der Waals surface area contributed by atoms with Crippen LogP contribution in [0.5, 0.6) is 5.75 Å². The molecule has 3 aromatic rings. The molecule has 4 rings (SSSR count). The number of hydrogen-bond donors (Lipinski definition) is 0. The van der Waals surface area contributed by atoms with Gasteiger partial charge >= 0.3 is 5.97 Å². The minimum Gasteiger partial charge on any atom is -0.488 e. The molecule has 0 spiro atoms. The first-order valence-electron chi connectivity index (χ1n) is 8.64. The summed E-state index contributed by atoms with van der Waals surface area (Å²) >= 11 is 1.37. The highest BCUT2D eigenvalue weighted by atomic mass is 32.1. The summed E-state index contributed by atoms with van der Waals surface area (Å²) in [6.45, 7) is 3.98. The number of carbonyl (C=O) groups is 2. The van der Waals surface area contributed by atoms with Crippen molar-refractivity contribution in [3.8, 4) is 16.2 Å². The maximum atomic E-state index is 12.5. The number of Topliss-reactive ketones (excluding diaryl/α,β-unsaturated/α-hetero) is 1. The lowest BCUT2D eigenvalue weighted by Gasteiger charge is -2.16. The van der Waals surface area contributed by atoms with Gasteiger partial charge in [0.2, 0.25) is 5.78 Å². The van der Waals surface area contributed by atoms with Crippen LogP contribution in [-0.2, 0) is 18.4 Å². The maximum Gasteiger partial charge on any atom is 0.348 e. The van der Waals surface area contributed by atoms with Crippen LogP contribution in [0.3, 0.4) is 0 Å². The minimum atomic E-state index is -0.481. The van der Waals surface area contributed by atoms with Crippen LogP contribution in [0.4, 0.5) is 0 Å². The molecule has 27 heavy (non-hydrogen) atoms. The molecular weight excluding hydrogens is 362 g/mol. The van der Waals surface area contributed by atoms with Crippen LogP contribution >= 0.6 is 11.3 Å². The lowest BCUT2D eigenvalue weighted by atomic mass is 10.1. The van der Waals surface area contributed by atoms with Gasteiger partial charge in [-0.1, -0.05) is 12.1 Å². The number of rotatable bonds is 4. The molecule has 0 aliphatic carbocycles. The summed E-state index contributed by atoms with van der Waals surface area (Å²) in [4.78, 5) is 26.4. The van der Waals surface area contributed by atoms with E-state index in [0.29, 0.717) is 17.0 Å². The highest BCUT2D eigenvalue weighted by Crippen LogP contribution is 2.42. The second-order valence-corrected chi connectivity index (χ2v) is 7.65. The van der Waals surface area contributed by atoms with E-state index in [1.54, 1.807) is 6.07 Å². The Morgan fingerprint density at radius 1 is 1.22 bits per heavy atom. The molecule has 3 heterocycles. The van der Waals surface area contributed by atoms with Gasteiger partial charge in [-0.25, -0.2) is 4.79 Å². The summed E-state index contributed by atoms with van der Waals surface area (Å²) in [6.07, 6.45) is 0. The average molecular weight is 381 g/mol.